The van der Waals surface area contributed by atoms with E-state index in [2.05, 4.69) is 0 Å². The van der Waals surface area contributed by atoms with E-state index in [4.69, 9.17) is 17.3 Å². The van der Waals surface area contributed by atoms with Gasteiger partial charge in [-0.15, -0.1) is 0 Å². The lowest BCUT2D eigenvalue weighted by Gasteiger charge is -2.13. The summed E-state index contributed by atoms with van der Waals surface area (Å²) in [6.45, 7) is 0. The number of benzene rings is 1. The lowest BCUT2D eigenvalue weighted by atomic mass is 10.0. The summed E-state index contributed by atoms with van der Waals surface area (Å²) in [6.07, 6.45) is 3.50. The van der Waals surface area contributed by atoms with Gasteiger partial charge in [0.2, 0.25) is 0 Å². The van der Waals surface area contributed by atoms with E-state index in [1.807, 2.05) is 0 Å². The highest BCUT2D eigenvalue weighted by Crippen LogP contribution is 2.38. The number of nitrogens with two attached hydrogens (primary N) is 1. The minimum Gasteiger partial charge on any atom is -0.508 e. The Morgan fingerprint density at radius 3 is 2.86 bits per heavy atom. The van der Waals surface area contributed by atoms with Gasteiger partial charge in [-0.25, -0.2) is 0 Å². The monoisotopic (exact) mass is 211 g/mol. The van der Waals surface area contributed by atoms with Gasteiger partial charge in [0, 0.05) is 16.6 Å². The van der Waals surface area contributed by atoms with Crippen LogP contribution in [0.1, 0.15) is 30.9 Å². The smallest absolute Gasteiger partial charge is 0.120 e. The predicted octanol–water partition coefficient (Wildman–Crippen LogP) is 2.85. The van der Waals surface area contributed by atoms with Crippen LogP contribution in [0.15, 0.2) is 18.2 Å². The number of hydrogen-bond donors (Lipinski definition) is 2. The molecule has 3 heteroatoms. The molecule has 1 aliphatic carbocycles. The Labute approximate surface area is 88.7 Å². The van der Waals surface area contributed by atoms with Crippen molar-refractivity contribution in [2.75, 3.05) is 0 Å². The first-order chi connectivity index (χ1) is 6.66. The zero-order chi connectivity index (χ0) is 10.1. The number of hydrogen-bond acceptors (Lipinski definition) is 2. The van der Waals surface area contributed by atoms with Crippen LogP contribution in [0.3, 0.4) is 0 Å². The minimum atomic E-state index is -0.0822. The van der Waals surface area contributed by atoms with E-state index in [9.17, 15) is 5.11 Å². The molecule has 1 aliphatic rings. The summed E-state index contributed by atoms with van der Waals surface area (Å²) >= 11 is 5.85. The maximum Gasteiger partial charge on any atom is 0.120 e. The standard InChI is InChI=1S/C11H14ClNO/c12-8-3-4-11(14)9(6-8)10(13)5-7-1-2-7/h3-4,6-7,10,14H,1-2,5,13H2/t10-/m1/s1. The Morgan fingerprint density at radius 1 is 1.50 bits per heavy atom. The molecule has 0 heterocycles. The van der Waals surface area contributed by atoms with Crippen molar-refractivity contribution in [1.82, 2.24) is 0 Å². The van der Waals surface area contributed by atoms with E-state index < -0.39 is 0 Å². The predicted molar refractivity (Wildman–Crippen MR) is 57.4 cm³/mol. The largest absolute Gasteiger partial charge is 0.508 e. The third-order valence-corrected chi connectivity index (χ3v) is 2.91. The minimum absolute atomic E-state index is 0.0822. The van der Waals surface area contributed by atoms with Gasteiger partial charge in [-0.05, 0) is 30.5 Å². The van der Waals surface area contributed by atoms with Gasteiger partial charge in [-0.2, -0.15) is 0 Å². The van der Waals surface area contributed by atoms with Crippen LogP contribution in [-0.2, 0) is 0 Å². The van der Waals surface area contributed by atoms with Gasteiger partial charge in [-0.1, -0.05) is 24.4 Å². The number of halogens is 1. The maximum absolute atomic E-state index is 9.60. The van der Waals surface area contributed by atoms with Gasteiger partial charge in [0.1, 0.15) is 5.75 Å². The fourth-order valence-corrected chi connectivity index (χ4v) is 1.84. The molecule has 0 bridgehead atoms. The molecule has 0 radical (unpaired) electrons. The Kier molecular flexibility index (Phi) is 2.66. The fraction of sp³-hybridized carbons (Fsp3) is 0.455. The summed E-state index contributed by atoms with van der Waals surface area (Å²) < 4.78 is 0. The molecule has 0 saturated heterocycles. The summed E-state index contributed by atoms with van der Waals surface area (Å²) in [4.78, 5) is 0. The van der Waals surface area contributed by atoms with Crippen LogP contribution in [0, 0.1) is 5.92 Å². The van der Waals surface area contributed by atoms with Gasteiger partial charge in [-0.3, -0.25) is 0 Å². The molecule has 0 aliphatic heterocycles. The van der Waals surface area contributed by atoms with Gasteiger partial charge < -0.3 is 10.8 Å². The topological polar surface area (TPSA) is 46.2 Å². The summed E-state index contributed by atoms with van der Waals surface area (Å²) in [5.41, 5.74) is 6.75. The molecule has 76 valence electrons. The van der Waals surface area contributed by atoms with Crippen LogP contribution in [0.4, 0.5) is 0 Å². The third kappa shape index (κ3) is 2.20. The van der Waals surface area contributed by atoms with Gasteiger partial charge in [0.15, 0.2) is 0 Å². The Hall–Kier alpha value is -0.730. The van der Waals surface area contributed by atoms with Crippen molar-refractivity contribution < 1.29 is 5.11 Å². The molecule has 14 heavy (non-hydrogen) atoms. The molecule has 0 unspecified atom stereocenters. The molecule has 2 rings (SSSR count). The molecule has 1 aromatic carbocycles. The van der Waals surface area contributed by atoms with Crippen molar-refractivity contribution in [3.8, 4) is 5.75 Å². The molecule has 1 aromatic rings. The lowest BCUT2D eigenvalue weighted by Crippen LogP contribution is -2.11. The first kappa shape index (κ1) is 9.81. The zero-order valence-corrected chi connectivity index (χ0v) is 8.67. The quantitative estimate of drug-likeness (QED) is 0.808. The fourth-order valence-electron chi connectivity index (χ4n) is 1.66. The average Bonchev–Trinajstić information content (AvgIpc) is 2.93. The van der Waals surface area contributed by atoms with E-state index >= 15 is 0 Å². The van der Waals surface area contributed by atoms with Crippen molar-refractivity contribution in [2.24, 2.45) is 11.7 Å². The van der Waals surface area contributed by atoms with E-state index in [1.165, 1.54) is 12.8 Å². The molecular formula is C11H14ClNO. The number of phenols is 1. The highest BCUT2D eigenvalue weighted by Gasteiger charge is 2.25. The molecule has 0 aromatic heterocycles. The van der Waals surface area contributed by atoms with Crippen LogP contribution in [-0.4, -0.2) is 5.11 Å². The van der Waals surface area contributed by atoms with Crippen LogP contribution < -0.4 is 5.73 Å². The Balaban J connectivity index is 2.15. The second-order valence-corrected chi connectivity index (χ2v) is 4.43. The van der Waals surface area contributed by atoms with Crippen molar-refractivity contribution in [3.05, 3.63) is 28.8 Å². The second kappa shape index (κ2) is 3.79. The van der Waals surface area contributed by atoms with Gasteiger partial charge in [0.05, 0.1) is 0 Å². The highest BCUT2D eigenvalue weighted by atomic mass is 35.5. The normalized spacial score (nSPS) is 18.1. The Bertz CT molecular complexity index is 336. The molecule has 1 atom stereocenters. The molecule has 3 N–H and O–H groups in total. The molecule has 2 nitrogen and oxygen atoms in total. The SMILES string of the molecule is N[C@H](CC1CC1)c1cc(Cl)ccc1O. The van der Waals surface area contributed by atoms with Crippen molar-refractivity contribution in [3.63, 3.8) is 0 Å². The van der Waals surface area contributed by atoms with Crippen molar-refractivity contribution in [2.45, 2.75) is 25.3 Å². The lowest BCUT2D eigenvalue weighted by molar-refractivity contribution is 0.455. The summed E-state index contributed by atoms with van der Waals surface area (Å²) in [7, 11) is 0. The van der Waals surface area contributed by atoms with E-state index in [1.54, 1.807) is 18.2 Å². The molecule has 0 amide bonds. The number of phenolic OH excluding ortho intramolecular Hbond substituents is 1. The number of aromatic hydroxyl groups is 1. The van der Waals surface area contributed by atoms with Gasteiger partial charge in [0.25, 0.3) is 0 Å². The van der Waals surface area contributed by atoms with E-state index in [-0.39, 0.29) is 11.8 Å². The maximum atomic E-state index is 9.60. The van der Waals surface area contributed by atoms with Gasteiger partial charge >= 0.3 is 0 Å². The molecule has 1 saturated carbocycles. The molecule has 0 spiro atoms. The number of rotatable bonds is 3. The van der Waals surface area contributed by atoms with Crippen molar-refractivity contribution >= 4 is 11.6 Å². The van der Waals surface area contributed by atoms with Crippen LogP contribution in [0.5, 0.6) is 5.75 Å². The molecule has 1 fully saturated rings. The van der Waals surface area contributed by atoms with Crippen LogP contribution in [0.2, 0.25) is 5.02 Å². The zero-order valence-electron chi connectivity index (χ0n) is 7.91. The summed E-state index contributed by atoms with van der Waals surface area (Å²) in [6, 6.07) is 4.94. The molecular weight excluding hydrogens is 198 g/mol. The van der Waals surface area contributed by atoms with E-state index in [0.717, 1.165) is 17.9 Å². The van der Waals surface area contributed by atoms with E-state index in [0.29, 0.717) is 5.02 Å². The first-order valence-electron chi connectivity index (χ1n) is 4.91. The highest BCUT2D eigenvalue weighted by molar-refractivity contribution is 6.30. The second-order valence-electron chi connectivity index (χ2n) is 3.99. The summed E-state index contributed by atoms with van der Waals surface area (Å²) in [5, 5.41) is 10.2. The Morgan fingerprint density at radius 2 is 2.21 bits per heavy atom. The third-order valence-electron chi connectivity index (χ3n) is 2.67. The van der Waals surface area contributed by atoms with Crippen LogP contribution in [0.25, 0.3) is 0 Å². The summed E-state index contributed by atoms with van der Waals surface area (Å²) in [5.74, 6) is 1.01. The van der Waals surface area contributed by atoms with Crippen LogP contribution >= 0.6 is 11.6 Å². The average molecular weight is 212 g/mol. The first-order valence-corrected chi connectivity index (χ1v) is 5.28. The van der Waals surface area contributed by atoms with Crippen molar-refractivity contribution in [1.29, 1.82) is 0 Å².